The zero-order valence-corrected chi connectivity index (χ0v) is 16.3. The minimum Gasteiger partial charge on any atom is -0.401 e. The normalized spacial score (nSPS) is 21.9. The highest BCUT2D eigenvalue weighted by Gasteiger charge is 2.52. The Balaban J connectivity index is 2.15. The van der Waals surface area contributed by atoms with Gasteiger partial charge in [0, 0.05) is 6.54 Å². The fourth-order valence-corrected chi connectivity index (χ4v) is 8.58. The van der Waals surface area contributed by atoms with E-state index in [0.717, 1.165) is 6.54 Å². The Kier molecular flexibility index (Phi) is 5.42. The van der Waals surface area contributed by atoms with Gasteiger partial charge in [0.2, 0.25) is 0 Å². The standard InChI is InChI=1S/C21H28FNOSi/c1-21(2,3)25(17-10-6-4-7-11-17,18-12-8-5-9-13-18)24-20-14-15-23-16-19(20)22/h4-13,19-20,23H,14-16H2,1-3H3. The number of piperidine rings is 1. The lowest BCUT2D eigenvalue weighted by molar-refractivity contribution is 0.0651. The van der Waals surface area contributed by atoms with Crippen LogP contribution in [0.15, 0.2) is 60.7 Å². The van der Waals surface area contributed by atoms with Crippen LogP contribution in [0.5, 0.6) is 0 Å². The quantitative estimate of drug-likeness (QED) is 0.848. The van der Waals surface area contributed by atoms with E-state index in [9.17, 15) is 4.39 Å². The maximum absolute atomic E-state index is 14.6. The van der Waals surface area contributed by atoms with E-state index in [0.29, 0.717) is 13.0 Å². The predicted molar refractivity (Wildman–Crippen MR) is 105 cm³/mol. The van der Waals surface area contributed by atoms with Gasteiger partial charge in [-0.1, -0.05) is 81.4 Å². The third-order valence-corrected chi connectivity index (χ3v) is 10.2. The van der Waals surface area contributed by atoms with Crippen molar-refractivity contribution in [3.8, 4) is 0 Å². The number of rotatable bonds is 4. The Morgan fingerprint density at radius 1 is 0.960 bits per heavy atom. The molecule has 2 atom stereocenters. The summed E-state index contributed by atoms with van der Waals surface area (Å²) in [7, 11) is -2.65. The zero-order chi connectivity index (χ0) is 17.9. The highest BCUT2D eigenvalue weighted by molar-refractivity contribution is 6.99. The summed E-state index contributed by atoms with van der Waals surface area (Å²) < 4.78 is 21.5. The molecule has 1 fully saturated rings. The van der Waals surface area contributed by atoms with E-state index in [-0.39, 0.29) is 11.1 Å². The maximum Gasteiger partial charge on any atom is 0.261 e. The summed E-state index contributed by atoms with van der Waals surface area (Å²) in [6.45, 7) is 7.88. The number of nitrogens with one attached hydrogen (secondary N) is 1. The lowest BCUT2D eigenvalue weighted by Crippen LogP contribution is -2.69. The molecule has 134 valence electrons. The third-order valence-electron chi connectivity index (χ3n) is 5.09. The smallest absolute Gasteiger partial charge is 0.261 e. The lowest BCUT2D eigenvalue weighted by Gasteiger charge is -2.46. The molecule has 0 aliphatic carbocycles. The average Bonchev–Trinajstić information content (AvgIpc) is 2.61. The molecule has 0 aromatic heterocycles. The highest BCUT2D eigenvalue weighted by atomic mass is 28.4. The molecule has 2 nitrogen and oxygen atoms in total. The first kappa shape index (κ1) is 18.3. The van der Waals surface area contributed by atoms with Crippen LogP contribution in [-0.4, -0.2) is 33.7 Å². The van der Waals surface area contributed by atoms with Gasteiger partial charge in [0.15, 0.2) is 0 Å². The number of benzene rings is 2. The molecule has 0 spiro atoms. The van der Waals surface area contributed by atoms with Crippen molar-refractivity contribution in [3.05, 3.63) is 60.7 Å². The molecule has 0 saturated carbocycles. The molecule has 0 amide bonds. The van der Waals surface area contributed by atoms with E-state index >= 15 is 0 Å². The SMILES string of the molecule is CC(C)(C)[Si](OC1CCNCC1F)(c1ccccc1)c1ccccc1. The first-order valence-electron chi connectivity index (χ1n) is 9.09. The Bertz CT molecular complexity index is 632. The van der Waals surface area contributed by atoms with E-state index in [1.165, 1.54) is 10.4 Å². The summed E-state index contributed by atoms with van der Waals surface area (Å²) in [5.74, 6) is 0. The van der Waals surface area contributed by atoms with Gasteiger partial charge in [0.05, 0.1) is 6.10 Å². The summed E-state index contributed by atoms with van der Waals surface area (Å²) in [6, 6.07) is 20.9. The fourth-order valence-electron chi connectivity index (χ4n) is 3.85. The molecule has 25 heavy (non-hydrogen) atoms. The van der Waals surface area contributed by atoms with Crippen LogP contribution in [0.2, 0.25) is 5.04 Å². The Hall–Kier alpha value is -1.49. The largest absolute Gasteiger partial charge is 0.401 e. The summed E-state index contributed by atoms with van der Waals surface area (Å²) in [4.78, 5) is 0. The molecule has 3 rings (SSSR count). The first-order chi connectivity index (χ1) is 11.9. The van der Waals surface area contributed by atoms with E-state index in [4.69, 9.17) is 4.43 Å². The van der Waals surface area contributed by atoms with Crippen LogP contribution in [0.25, 0.3) is 0 Å². The molecule has 1 saturated heterocycles. The van der Waals surface area contributed by atoms with Gasteiger partial charge in [-0.25, -0.2) is 4.39 Å². The fraction of sp³-hybridized carbons (Fsp3) is 0.429. The Morgan fingerprint density at radius 2 is 1.48 bits per heavy atom. The van der Waals surface area contributed by atoms with Crippen LogP contribution in [0.3, 0.4) is 0 Å². The second-order valence-corrected chi connectivity index (χ2v) is 12.1. The van der Waals surface area contributed by atoms with Gasteiger partial charge in [0.25, 0.3) is 8.32 Å². The van der Waals surface area contributed by atoms with Crippen LogP contribution >= 0.6 is 0 Å². The predicted octanol–water partition coefficient (Wildman–Crippen LogP) is 3.26. The topological polar surface area (TPSA) is 21.3 Å². The van der Waals surface area contributed by atoms with Gasteiger partial charge in [0.1, 0.15) is 6.17 Å². The number of halogens is 1. The van der Waals surface area contributed by atoms with Gasteiger partial charge in [-0.05, 0) is 28.4 Å². The third kappa shape index (κ3) is 3.57. The molecular weight excluding hydrogens is 329 g/mol. The van der Waals surface area contributed by atoms with Crippen molar-refractivity contribution in [2.45, 2.75) is 44.5 Å². The number of alkyl halides is 1. The molecule has 1 aliphatic heterocycles. The van der Waals surface area contributed by atoms with Gasteiger partial charge in [-0.15, -0.1) is 0 Å². The second-order valence-electron chi connectivity index (χ2n) is 7.83. The molecule has 2 aromatic carbocycles. The first-order valence-corrected chi connectivity index (χ1v) is 11.0. The number of hydrogen-bond donors (Lipinski definition) is 1. The van der Waals surface area contributed by atoms with Crippen molar-refractivity contribution in [3.63, 3.8) is 0 Å². The minimum atomic E-state index is -2.65. The molecule has 1 N–H and O–H groups in total. The van der Waals surface area contributed by atoms with Crippen molar-refractivity contribution in [1.29, 1.82) is 0 Å². The van der Waals surface area contributed by atoms with Crippen LogP contribution in [0, 0.1) is 0 Å². The van der Waals surface area contributed by atoms with Crippen LogP contribution in [-0.2, 0) is 4.43 Å². The van der Waals surface area contributed by atoms with Gasteiger partial charge < -0.3 is 9.74 Å². The summed E-state index contributed by atoms with van der Waals surface area (Å²) in [5.41, 5.74) is 0. The van der Waals surface area contributed by atoms with Crippen molar-refractivity contribution in [2.24, 2.45) is 0 Å². The van der Waals surface area contributed by atoms with Crippen molar-refractivity contribution in [1.82, 2.24) is 5.32 Å². The van der Waals surface area contributed by atoms with E-state index in [2.05, 4.69) is 74.6 Å². The zero-order valence-electron chi connectivity index (χ0n) is 15.3. The molecule has 2 unspecified atom stereocenters. The van der Waals surface area contributed by atoms with Crippen molar-refractivity contribution >= 4 is 18.7 Å². The van der Waals surface area contributed by atoms with Crippen molar-refractivity contribution in [2.75, 3.05) is 13.1 Å². The minimum absolute atomic E-state index is 0.111. The second kappa shape index (κ2) is 7.40. The molecule has 1 aliphatic rings. The Labute approximate surface area is 151 Å². The molecular formula is C21H28FNOSi. The van der Waals surface area contributed by atoms with Gasteiger partial charge in [-0.2, -0.15) is 0 Å². The average molecular weight is 358 g/mol. The van der Waals surface area contributed by atoms with Gasteiger partial charge >= 0.3 is 0 Å². The van der Waals surface area contributed by atoms with E-state index in [1.807, 2.05) is 12.1 Å². The van der Waals surface area contributed by atoms with Gasteiger partial charge in [-0.3, -0.25) is 0 Å². The summed E-state index contributed by atoms with van der Waals surface area (Å²) >= 11 is 0. The lowest BCUT2D eigenvalue weighted by atomic mass is 10.1. The summed E-state index contributed by atoms with van der Waals surface area (Å²) in [5, 5.41) is 5.43. The summed E-state index contributed by atoms with van der Waals surface area (Å²) in [6.07, 6.45) is -0.603. The highest BCUT2D eigenvalue weighted by Crippen LogP contribution is 2.38. The van der Waals surface area contributed by atoms with Crippen LogP contribution in [0.4, 0.5) is 4.39 Å². The van der Waals surface area contributed by atoms with E-state index < -0.39 is 14.5 Å². The molecule has 4 heteroatoms. The van der Waals surface area contributed by atoms with E-state index in [1.54, 1.807) is 0 Å². The molecule has 1 heterocycles. The van der Waals surface area contributed by atoms with Crippen molar-refractivity contribution < 1.29 is 8.82 Å². The number of hydrogen-bond acceptors (Lipinski definition) is 2. The molecule has 0 bridgehead atoms. The Morgan fingerprint density at radius 3 is 1.92 bits per heavy atom. The molecule has 2 aromatic rings. The monoisotopic (exact) mass is 357 g/mol. The van der Waals surface area contributed by atoms with Crippen LogP contribution in [0.1, 0.15) is 27.2 Å². The van der Waals surface area contributed by atoms with Crippen LogP contribution < -0.4 is 15.7 Å². The maximum atomic E-state index is 14.6. The molecule has 0 radical (unpaired) electrons.